The molecular formula is C20H40N2Si2. The molecule has 0 saturated heterocycles. The predicted molar refractivity (Wildman–Crippen MR) is 117 cm³/mol. The van der Waals surface area contributed by atoms with Gasteiger partial charge in [0.15, 0.2) is 15.5 Å². The van der Waals surface area contributed by atoms with Crippen molar-refractivity contribution in [2.75, 3.05) is 0 Å². The van der Waals surface area contributed by atoms with Gasteiger partial charge in [-0.3, -0.25) is 0 Å². The molecule has 0 radical (unpaired) electrons. The summed E-state index contributed by atoms with van der Waals surface area (Å²) >= 11 is 0. The van der Waals surface area contributed by atoms with Crippen molar-refractivity contribution >= 4 is 15.5 Å². The highest BCUT2D eigenvalue weighted by Gasteiger charge is 2.58. The summed E-state index contributed by atoms with van der Waals surface area (Å²) in [5.41, 5.74) is 8.86. The lowest BCUT2D eigenvalue weighted by atomic mass is 10.3. The molecule has 24 heavy (non-hydrogen) atoms. The van der Waals surface area contributed by atoms with E-state index in [0.717, 1.165) is 0 Å². The van der Waals surface area contributed by atoms with Crippen LogP contribution in [0.1, 0.15) is 55.4 Å². The Kier molecular flexibility index (Phi) is 8.87. The molecule has 0 aromatic heterocycles. The van der Waals surface area contributed by atoms with Crippen LogP contribution in [0.15, 0.2) is 49.1 Å². The second-order valence-corrected chi connectivity index (χ2v) is 18.4. The molecule has 138 valence electrons. The van der Waals surface area contributed by atoms with Crippen molar-refractivity contribution in [3.8, 4) is 0 Å². The van der Waals surface area contributed by atoms with E-state index in [4.69, 9.17) is 0 Å². The first-order valence-electron chi connectivity index (χ1n) is 9.14. The Morgan fingerprint density at radius 3 is 0.750 bits per heavy atom. The average Bonchev–Trinajstić information content (AvgIpc) is 2.48. The minimum atomic E-state index is -2.28. The fourth-order valence-corrected chi connectivity index (χ4v) is 20.8. The lowest BCUT2D eigenvalue weighted by molar-refractivity contribution is 0.285. The van der Waals surface area contributed by atoms with Crippen LogP contribution in [0.5, 0.6) is 0 Å². The maximum absolute atomic E-state index is 4.31. The van der Waals surface area contributed by atoms with Gasteiger partial charge in [-0.25, -0.2) is 0 Å². The van der Waals surface area contributed by atoms with Crippen molar-refractivity contribution in [3.05, 3.63) is 49.1 Å². The Bertz CT molecular complexity index is 379. The molecule has 0 bridgehead atoms. The van der Waals surface area contributed by atoms with Crippen LogP contribution < -0.4 is 0 Å². The molecule has 0 unspecified atom stereocenters. The zero-order chi connectivity index (χ0) is 19.3. The fraction of sp³-hybridized carbons (Fsp3) is 0.600. The van der Waals surface area contributed by atoms with Crippen LogP contribution in [-0.4, -0.2) is 48.8 Å². The molecule has 0 spiro atoms. The van der Waals surface area contributed by atoms with E-state index in [1.165, 1.54) is 0 Å². The van der Waals surface area contributed by atoms with Gasteiger partial charge in [0.25, 0.3) is 0 Å². The molecule has 0 saturated carbocycles. The molecule has 0 heterocycles. The van der Waals surface area contributed by atoms with E-state index in [0.29, 0.717) is 24.2 Å². The second-order valence-electron chi connectivity index (χ2n) is 7.66. The average molecular weight is 365 g/mol. The molecule has 0 atom stereocenters. The van der Waals surface area contributed by atoms with E-state index in [9.17, 15) is 0 Å². The molecule has 0 N–H and O–H groups in total. The van der Waals surface area contributed by atoms with Crippen LogP contribution >= 0.6 is 0 Å². The van der Waals surface area contributed by atoms with E-state index < -0.39 is 15.5 Å². The number of hydrogen-bond acceptors (Lipinski definition) is 2. The summed E-state index contributed by atoms with van der Waals surface area (Å²) in [5.74, 6) is 0. The van der Waals surface area contributed by atoms with Gasteiger partial charge in [0.05, 0.1) is 0 Å². The van der Waals surface area contributed by atoms with Crippen LogP contribution in [0.25, 0.3) is 0 Å². The van der Waals surface area contributed by atoms with Gasteiger partial charge in [-0.15, -0.1) is 26.3 Å². The van der Waals surface area contributed by atoms with Gasteiger partial charge in [0.2, 0.25) is 0 Å². The SMILES string of the molecule is C=C[Si](C=C)(N(C(C)C)C(C)C)[Si](C=C)(C=C)N(C(C)C)C(C)C. The highest BCUT2D eigenvalue weighted by atomic mass is 29.3. The van der Waals surface area contributed by atoms with E-state index in [1.807, 2.05) is 0 Å². The third kappa shape index (κ3) is 3.77. The fourth-order valence-electron chi connectivity index (χ4n) is 4.56. The smallest absolute Gasteiger partial charge is 0.192 e. The van der Waals surface area contributed by atoms with Gasteiger partial charge in [0.1, 0.15) is 0 Å². The Morgan fingerprint density at radius 2 is 0.667 bits per heavy atom. The van der Waals surface area contributed by atoms with Gasteiger partial charge >= 0.3 is 0 Å². The van der Waals surface area contributed by atoms with Crippen LogP contribution in [-0.2, 0) is 0 Å². The zero-order valence-electron chi connectivity index (χ0n) is 17.3. The lowest BCUT2D eigenvalue weighted by Gasteiger charge is -2.57. The Labute approximate surface area is 153 Å². The van der Waals surface area contributed by atoms with Crippen molar-refractivity contribution in [1.82, 2.24) is 9.13 Å². The number of rotatable bonds is 11. The monoisotopic (exact) mass is 364 g/mol. The minimum absolute atomic E-state index is 0.417. The Balaban J connectivity index is 6.89. The summed E-state index contributed by atoms with van der Waals surface area (Å²) in [5, 5.41) is 0. The van der Waals surface area contributed by atoms with Crippen molar-refractivity contribution in [3.63, 3.8) is 0 Å². The van der Waals surface area contributed by atoms with Gasteiger partial charge < -0.3 is 9.13 Å². The summed E-state index contributed by atoms with van der Waals surface area (Å²) in [4.78, 5) is 0. The first-order valence-corrected chi connectivity index (χ1v) is 14.3. The topological polar surface area (TPSA) is 6.48 Å². The third-order valence-corrected chi connectivity index (χ3v) is 20.4. The van der Waals surface area contributed by atoms with E-state index in [-0.39, 0.29) is 0 Å². The summed E-state index contributed by atoms with van der Waals surface area (Å²) in [6.07, 6.45) is 0. The molecule has 0 amide bonds. The Morgan fingerprint density at radius 1 is 0.500 bits per heavy atom. The quantitative estimate of drug-likeness (QED) is 0.471. The standard InChI is InChI=1S/C20H40N2Si2/c1-13-23(14-2,21(17(5)6)18(7)8)24(15-3,16-4)22(19(9)10)20(11)12/h13-20H,1-4H2,5-12H3. The van der Waals surface area contributed by atoms with E-state index in [2.05, 4.69) is 114 Å². The highest BCUT2D eigenvalue weighted by molar-refractivity contribution is 7.47. The minimum Gasteiger partial charge on any atom is -0.313 e. The molecule has 0 aromatic carbocycles. The number of nitrogens with zero attached hydrogens (tertiary/aromatic N) is 2. The maximum Gasteiger partial charge on any atom is 0.192 e. The van der Waals surface area contributed by atoms with Gasteiger partial charge in [-0.05, 0) is 24.2 Å². The summed E-state index contributed by atoms with van der Waals surface area (Å²) in [6.45, 7) is 35.4. The van der Waals surface area contributed by atoms with Crippen molar-refractivity contribution in [2.45, 2.75) is 79.6 Å². The molecule has 0 aliphatic heterocycles. The zero-order valence-corrected chi connectivity index (χ0v) is 19.3. The molecular weight excluding hydrogens is 324 g/mol. The summed E-state index contributed by atoms with van der Waals surface area (Å²) < 4.78 is 5.31. The van der Waals surface area contributed by atoms with Crippen molar-refractivity contribution in [1.29, 1.82) is 0 Å². The lowest BCUT2D eigenvalue weighted by Crippen LogP contribution is -2.80. The van der Waals surface area contributed by atoms with Gasteiger partial charge in [-0.1, -0.05) is 78.2 Å². The van der Waals surface area contributed by atoms with Crippen LogP contribution in [0.4, 0.5) is 0 Å². The predicted octanol–water partition coefficient (Wildman–Crippen LogP) is 5.09. The maximum atomic E-state index is 4.31. The molecule has 4 heteroatoms. The first-order chi connectivity index (χ1) is 11.0. The van der Waals surface area contributed by atoms with Gasteiger partial charge in [0, 0.05) is 0 Å². The van der Waals surface area contributed by atoms with Crippen molar-refractivity contribution in [2.24, 2.45) is 0 Å². The molecule has 0 fully saturated rings. The molecule has 0 aliphatic carbocycles. The number of hydrogen-bond donors (Lipinski definition) is 0. The van der Waals surface area contributed by atoms with E-state index in [1.54, 1.807) is 0 Å². The summed E-state index contributed by atoms with van der Waals surface area (Å²) in [7, 11) is -4.56. The van der Waals surface area contributed by atoms with Crippen LogP contribution in [0, 0.1) is 0 Å². The van der Waals surface area contributed by atoms with Crippen molar-refractivity contribution < 1.29 is 0 Å². The van der Waals surface area contributed by atoms with Gasteiger partial charge in [-0.2, -0.15) is 0 Å². The largest absolute Gasteiger partial charge is 0.313 e. The first kappa shape index (κ1) is 23.3. The normalized spacial score (nSPS) is 13.4. The highest BCUT2D eigenvalue weighted by Crippen LogP contribution is 2.35. The Hall–Kier alpha value is -0.686. The molecule has 0 aliphatic rings. The van der Waals surface area contributed by atoms with E-state index >= 15 is 0 Å². The third-order valence-electron chi connectivity index (χ3n) is 4.97. The molecule has 0 rings (SSSR count). The second kappa shape index (κ2) is 9.13. The molecule has 0 aromatic rings. The van der Waals surface area contributed by atoms with Crippen LogP contribution in [0.3, 0.4) is 0 Å². The van der Waals surface area contributed by atoms with Crippen LogP contribution in [0.2, 0.25) is 0 Å². The summed E-state index contributed by atoms with van der Waals surface area (Å²) in [6, 6.07) is 1.67. The molecule has 2 nitrogen and oxygen atoms in total.